The van der Waals surface area contributed by atoms with Gasteiger partial charge < -0.3 is 0 Å². The van der Waals surface area contributed by atoms with Gasteiger partial charge in [0, 0.05) is 0 Å². The first-order valence-corrected chi connectivity index (χ1v) is 21.1. The molecule has 262 valence electrons. The van der Waals surface area contributed by atoms with E-state index in [2.05, 4.69) is 91.0 Å². The first kappa shape index (κ1) is 33.3. The molecule has 0 unspecified atom stereocenters. The van der Waals surface area contributed by atoms with Crippen molar-refractivity contribution in [2.75, 3.05) is 0 Å². The van der Waals surface area contributed by atoms with Crippen molar-refractivity contribution in [3.63, 3.8) is 0 Å². The summed E-state index contributed by atoms with van der Waals surface area (Å²) in [6.07, 6.45) is 0. The highest BCUT2D eigenvalue weighted by atomic mass is 32.2. The molecule has 0 aliphatic carbocycles. The molecule has 8 aromatic rings. The molecule has 7 heteroatoms. The Morgan fingerprint density at radius 1 is 0.273 bits per heavy atom. The molecule has 0 aromatic heterocycles. The number of fused-ring (bicyclic) bond motifs is 4. The van der Waals surface area contributed by atoms with Crippen molar-refractivity contribution in [1.29, 1.82) is 0 Å². The van der Waals surface area contributed by atoms with E-state index in [1.165, 1.54) is 0 Å². The van der Waals surface area contributed by atoms with E-state index in [0.717, 1.165) is 50.1 Å². The van der Waals surface area contributed by atoms with Gasteiger partial charge in [0.15, 0.2) is 0 Å². The van der Waals surface area contributed by atoms with E-state index < -0.39 is 26.4 Å². The van der Waals surface area contributed by atoms with Gasteiger partial charge >= 0.3 is 0 Å². The molecule has 0 fully saturated rings. The Bertz CT molecular complexity index is 2880. The van der Waals surface area contributed by atoms with E-state index in [0.29, 0.717) is 22.0 Å². The summed E-state index contributed by atoms with van der Waals surface area (Å²) in [5.41, 5.74) is 11.6. The second-order valence-electron chi connectivity index (χ2n) is 14.1. The van der Waals surface area contributed by atoms with E-state index in [4.69, 9.17) is 0 Å². The first-order chi connectivity index (χ1) is 26.8. The maximum Gasteiger partial charge on any atom is 0.248 e. The Hall–Kier alpha value is -6.28. The number of hydrogen-bond donors (Lipinski definition) is 0. The lowest BCUT2D eigenvalue weighted by Crippen LogP contribution is -2.62. The van der Waals surface area contributed by atoms with Gasteiger partial charge in [-0.15, -0.1) is 0 Å². The Labute approximate surface area is 321 Å². The zero-order valence-corrected chi connectivity index (χ0v) is 31.1. The van der Waals surface area contributed by atoms with Crippen LogP contribution in [0.15, 0.2) is 208 Å². The smallest absolute Gasteiger partial charge is 0.219 e. The normalized spacial score (nSPS) is 14.4. The number of rotatable bonds is 5. The predicted molar refractivity (Wildman–Crippen MR) is 222 cm³/mol. The Morgan fingerprint density at radius 2 is 0.564 bits per heavy atom. The second-order valence-corrected chi connectivity index (χ2v) is 17.9. The van der Waals surface area contributed by atoms with Crippen molar-refractivity contribution in [3.05, 3.63) is 188 Å². The summed E-state index contributed by atoms with van der Waals surface area (Å²) in [6, 6.07) is 61.0. The molecule has 4 nitrogen and oxygen atoms in total. The van der Waals surface area contributed by atoms with Crippen molar-refractivity contribution in [1.82, 2.24) is 0 Å². The summed E-state index contributed by atoms with van der Waals surface area (Å²) in [5, 5.41) is 0. The van der Waals surface area contributed by atoms with Crippen molar-refractivity contribution in [2.24, 2.45) is 0 Å². The minimum absolute atomic E-state index is 0.0493. The molecular formula is C48H31BO4S2. The molecule has 0 bridgehead atoms. The first-order valence-electron chi connectivity index (χ1n) is 18.1. The predicted octanol–water partition coefficient (Wildman–Crippen LogP) is 8.83. The molecule has 0 radical (unpaired) electrons. The van der Waals surface area contributed by atoms with Crippen LogP contribution in [-0.4, -0.2) is 23.5 Å². The average molecular weight is 747 g/mol. The maximum atomic E-state index is 14.2. The largest absolute Gasteiger partial charge is 0.248 e. The third kappa shape index (κ3) is 5.42. The standard InChI is InChI=1S/C48H31BO4S2/c50-54(51)44-17-9-7-15-42(44)49-43-16-8-10-18-45(43)55(52,53)47-31-41(30-46(54)48(47)49)37-25-21-35(22-26-37)34-19-23-36(24-20-34)40-28-38(32-11-3-1-4-12-32)27-39(29-40)33-13-5-2-6-14-33/h1-31H. The monoisotopic (exact) mass is 746 g/mol. The summed E-state index contributed by atoms with van der Waals surface area (Å²) >= 11 is 0. The Morgan fingerprint density at radius 3 is 0.945 bits per heavy atom. The van der Waals surface area contributed by atoms with Crippen molar-refractivity contribution < 1.29 is 16.8 Å². The minimum Gasteiger partial charge on any atom is -0.219 e. The molecular weight excluding hydrogens is 715 g/mol. The molecule has 0 saturated carbocycles. The van der Waals surface area contributed by atoms with Gasteiger partial charge in [-0.2, -0.15) is 0 Å². The van der Waals surface area contributed by atoms with Crippen LogP contribution in [0.2, 0.25) is 0 Å². The molecule has 0 amide bonds. The molecule has 0 atom stereocenters. The number of benzene rings is 8. The van der Waals surface area contributed by atoms with Crippen LogP contribution in [0.25, 0.3) is 55.6 Å². The van der Waals surface area contributed by atoms with Crippen LogP contribution in [0.1, 0.15) is 0 Å². The van der Waals surface area contributed by atoms with Crippen molar-refractivity contribution in [3.8, 4) is 55.6 Å². The van der Waals surface area contributed by atoms with Crippen LogP contribution in [0, 0.1) is 0 Å². The van der Waals surface area contributed by atoms with Crippen LogP contribution in [0.4, 0.5) is 0 Å². The van der Waals surface area contributed by atoms with E-state index in [1.54, 1.807) is 60.7 Å². The van der Waals surface area contributed by atoms with Crippen molar-refractivity contribution in [2.45, 2.75) is 19.6 Å². The third-order valence-electron chi connectivity index (χ3n) is 10.9. The number of hydrogen-bond acceptors (Lipinski definition) is 4. The van der Waals surface area contributed by atoms with Gasteiger partial charge in [-0.3, -0.25) is 0 Å². The highest BCUT2D eigenvalue weighted by molar-refractivity contribution is 7.93. The molecule has 2 aliphatic heterocycles. The summed E-state index contributed by atoms with van der Waals surface area (Å²) in [5.74, 6) is 0. The second kappa shape index (κ2) is 12.7. The molecule has 0 saturated heterocycles. The highest BCUT2D eigenvalue weighted by Gasteiger charge is 2.47. The molecule has 2 aliphatic rings. The fourth-order valence-electron chi connectivity index (χ4n) is 8.24. The third-order valence-corrected chi connectivity index (χ3v) is 14.7. The van der Waals surface area contributed by atoms with E-state index in [-0.39, 0.29) is 19.6 Å². The molecule has 10 rings (SSSR count). The summed E-state index contributed by atoms with van der Waals surface area (Å²) in [4.78, 5) is 0.527. The minimum atomic E-state index is -4.00. The zero-order chi connectivity index (χ0) is 37.3. The zero-order valence-electron chi connectivity index (χ0n) is 29.4. The molecule has 55 heavy (non-hydrogen) atoms. The molecule has 0 spiro atoms. The summed E-state index contributed by atoms with van der Waals surface area (Å²) in [7, 11) is -7.99. The van der Waals surface area contributed by atoms with Gasteiger partial charge in [-0.1, -0.05) is 146 Å². The van der Waals surface area contributed by atoms with E-state index in [9.17, 15) is 16.8 Å². The Kier molecular flexibility index (Phi) is 7.67. The molecule has 8 aromatic carbocycles. The van der Waals surface area contributed by atoms with E-state index >= 15 is 0 Å². The van der Waals surface area contributed by atoms with Crippen LogP contribution in [-0.2, 0) is 19.7 Å². The van der Waals surface area contributed by atoms with Gasteiger partial charge in [-0.05, 0) is 114 Å². The summed E-state index contributed by atoms with van der Waals surface area (Å²) < 4.78 is 56.8. The van der Waals surface area contributed by atoms with Crippen LogP contribution < -0.4 is 16.4 Å². The quantitative estimate of drug-likeness (QED) is 0.165. The van der Waals surface area contributed by atoms with Gasteiger partial charge in [-0.25, -0.2) is 16.8 Å². The van der Waals surface area contributed by atoms with Crippen LogP contribution >= 0.6 is 0 Å². The van der Waals surface area contributed by atoms with Gasteiger partial charge in [0.2, 0.25) is 26.4 Å². The lowest BCUT2D eigenvalue weighted by molar-refractivity contribution is 0.595. The summed E-state index contributed by atoms with van der Waals surface area (Å²) in [6.45, 7) is -0.505. The fraction of sp³-hybridized carbons (Fsp3) is 0. The fourth-order valence-corrected chi connectivity index (χ4v) is 11.9. The lowest BCUT2D eigenvalue weighted by Gasteiger charge is -2.33. The molecule has 2 heterocycles. The Balaban J connectivity index is 1.02. The molecule has 0 N–H and O–H groups in total. The maximum absolute atomic E-state index is 14.2. The van der Waals surface area contributed by atoms with Gasteiger partial charge in [0.05, 0.1) is 19.6 Å². The number of sulfone groups is 2. The topological polar surface area (TPSA) is 68.3 Å². The van der Waals surface area contributed by atoms with Gasteiger partial charge in [0.1, 0.15) is 0 Å². The van der Waals surface area contributed by atoms with Crippen LogP contribution in [0.3, 0.4) is 0 Å². The van der Waals surface area contributed by atoms with E-state index in [1.807, 2.05) is 36.4 Å². The van der Waals surface area contributed by atoms with Crippen molar-refractivity contribution >= 4 is 42.8 Å². The van der Waals surface area contributed by atoms with Crippen LogP contribution in [0.5, 0.6) is 0 Å². The SMILES string of the molecule is O=S1(=O)c2ccccc2B2c3ccccc3S(=O)(=O)c3cc(-c4ccc(-c5ccc(-c6cc(-c7ccccc7)cc(-c7ccccc7)c6)cc5)cc4)cc1c32. The van der Waals surface area contributed by atoms with Gasteiger partial charge in [0.25, 0.3) is 0 Å². The lowest BCUT2D eigenvalue weighted by atomic mass is 9.36. The average Bonchev–Trinajstić information content (AvgIpc) is 3.24. The highest BCUT2D eigenvalue weighted by Crippen LogP contribution is 2.37.